The van der Waals surface area contributed by atoms with Crippen LogP contribution in [0.2, 0.25) is 0 Å². The molecule has 0 spiro atoms. The lowest BCUT2D eigenvalue weighted by molar-refractivity contribution is 0.199. The Bertz CT molecular complexity index is 423. The molecule has 1 aliphatic heterocycles. The smallest absolute Gasteiger partial charge is 0.161 e. The zero-order valence-corrected chi connectivity index (χ0v) is 12.8. The van der Waals surface area contributed by atoms with E-state index in [2.05, 4.69) is 36.2 Å². The van der Waals surface area contributed by atoms with E-state index in [9.17, 15) is 0 Å². The third-order valence-corrected chi connectivity index (χ3v) is 3.55. The van der Waals surface area contributed by atoms with Gasteiger partial charge in [0.25, 0.3) is 0 Å². The first-order valence-corrected chi connectivity index (χ1v) is 7.48. The van der Waals surface area contributed by atoms with Gasteiger partial charge in [-0.05, 0) is 31.0 Å². The lowest BCUT2D eigenvalue weighted by Crippen LogP contribution is -2.48. The number of methoxy groups -OCH3 is 1. The fraction of sp³-hybridized carbons (Fsp3) is 0.625. The molecule has 1 aromatic rings. The first-order chi connectivity index (χ1) is 9.72. The van der Waals surface area contributed by atoms with E-state index in [1.165, 1.54) is 5.56 Å². The van der Waals surface area contributed by atoms with Crippen LogP contribution in [-0.4, -0.2) is 44.3 Å². The van der Waals surface area contributed by atoms with Crippen LogP contribution in [0.25, 0.3) is 0 Å². The van der Waals surface area contributed by atoms with E-state index in [4.69, 9.17) is 9.47 Å². The Morgan fingerprint density at radius 1 is 1.35 bits per heavy atom. The minimum atomic E-state index is 0.567. The summed E-state index contributed by atoms with van der Waals surface area (Å²) in [5.74, 6) is 1.67. The quantitative estimate of drug-likeness (QED) is 0.865. The van der Waals surface area contributed by atoms with Crippen LogP contribution in [0.5, 0.6) is 11.5 Å². The summed E-state index contributed by atoms with van der Waals surface area (Å²) in [7, 11) is 1.70. The third-order valence-electron chi connectivity index (χ3n) is 3.55. The normalized spacial score (nSPS) is 19.9. The molecule has 1 aromatic carbocycles. The van der Waals surface area contributed by atoms with Crippen molar-refractivity contribution in [1.29, 1.82) is 0 Å². The SMILES string of the molecule is CCCOc1ccc(CN2CCN[C@@H](C)C2)cc1OC. The summed E-state index contributed by atoms with van der Waals surface area (Å²) in [4.78, 5) is 2.47. The number of benzene rings is 1. The van der Waals surface area contributed by atoms with Gasteiger partial charge in [0, 0.05) is 32.2 Å². The maximum atomic E-state index is 5.69. The Hall–Kier alpha value is -1.26. The molecule has 112 valence electrons. The van der Waals surface area contributed by atoms with Crippen LogP contribution in [0.15, 0.2) is 18.2 Å². The van der Waals surface area contributed by atoms with Gasteiger partial charge in [0.2, 0.25) is 0 Å². The molecule has 0 saturated carbocycles. The van der Waals surface area contributed by atoms with Crippen LogP contribution >= 0.6 is 0 Å². The molecule has 0 amide bonds. The topological polar surface area (TPSA) is 33.7 Å². The Kier molecular flexibility index (Phi) is 5.68. The second-order valence-corrected chi connectivity index (χ2v) is 5.42. The summed E-state index contributed by atoms with van der Waals surface area (Å²) >= 11 is 0. The van der Waals surface area contributed by atoms with Gasteiger partial charge in [-0.2, -0.15) is 0 Å². The van der Waals surface area contributed by atoms with Crippen molar-refractivity contribution in [2.75, 3.05) is 33.4 Å². The van der Waals surface area contributed by atoms with Gasteiger partial charge in [0.05, 0.1) is 13.7 Å². The van der Waals surface area contributed by atoms with Gasteiger partial charge in [-0.3, -0.25) is 4.90 Å². The molecule has 1 aliphatic rings. The molecule has 2 rings (SSSR count). The highest BCUT2D eigenvalue weighted by Gasteiger charge is 2.16. The Morgan fingerprint density at radius 2 is 2.20 bits per heavy atom. The zero-order chi connectivity index (χ0) is 14.4. The average molecular weight is 278 g/mol. The number of piperazine rings is 1. The van der Waals surface area contributed by atoms with Crippen molar-refractivity contribution < 1.29 is 9.47 Å². The monoisotopic (exact) mass is 278 g/mol. The van der Waals surface area contributed by atoms with Crippen LogP contribution in [0, 0.1) is 0 Å². The maximum Gasteiger partial charge on any atom is 0.161 e. The van der Waals surface area contributed by atoms with Crippen LogP contribution in [0.3, 0.4) is 0 Å². The van der Waals surface area contributed by atoms with Crippen molar-refractivity contribution in [2.24, 2.45) is 0 Å². The Balaban J connectivity index is 2.01. The van der Waals surface area contributed by atoms with E-state index in [1.807, 2.05) is 6.07 Å². The van der Waals surface area contributed by atoms with E-state index in [-0.39, 0.29) is 0 Å². The van der Waals surface area contributed by atoms with Gasteiger partial charge < -0.3 is 14.8 Å². The summed E-state index contributed by atoms with van der Waals surface area (Å²) in [6.45, 7) is 9.29. The molecule has 0 bridgehead atoms. The Labute approximate surface area is 122 Å². The molecule has 1 fully saturated rings. The number of ether oxygens (including phenoxy) is 2. The van der Waals surface area contributed by atoms with E-state index >= 15 is 0 Å². The molecule has 1 atom stereocenters. The molecule has 20 heavy (non-hydrogen) atoms. The highest BCUT2D eigenvalue weighted by Crippen LogP contribution is 2.28. The summed E-state index contributed by atoms with van der Waals surface area (Å²) in [5.41, 5.74) is 1.28. The molecule has 0 aromatic heterocycles. The van der Waals surface area contributed by atoms with E-state index in [0.717, 1.165) is 50.7 Å². The minimum Gasteiger partial charge on any atom is -0.493 e. The second-order valence-electron chi connectivity index (χ2n) is 5.42. The fourth-order valence-corrected chi connectivity index (χ4v) is 2.56. The zero-order valence-electron chi connectivity index (χ0n) is 12.8. The first-order valence-electron chi connectivity index (χ1n) is 7.48. The largest absolute Gasteiger partial charge is 0.493 e. The number of rotatable bonds is 6. The number of hydrogen-bond acceptors (Lipinski definition) is 4. The highest BCUT2D eigenvalue weighted by atomic mass is 16.5. The molecule has 0 unspecified atom stereocenters. The van der Waals surface area contributed by atoms with Gasteiger partial charge in [-0.15, -0.1) is 0 Å². The summed E-state index contributed by atoms with van der Waals surface area (Å²) in [6, 6.07) is 6.82. The van der Waals surface area contributed by atoms with Crippen molar-refractivity contribution in [1.82, 2.24) is 10.2 Å². The predicted octanol–water partition coefficient (Wildman–Crippen LogP) is 2.28. The predicted molar refractivity (Wildman–Crippen MR) is 81.5 cm³/mol. The first kappa shape index (κ1) is 15.1. The van der Waals surface area contributed by atoms with Gasteiger partial charge >= 0.3 is 0 Å². The molecule has 1 N–H and O–H groups in total. The van der Waals surface area contributed by atoms with Gasteiger partial charge in [-0.25, -0.2) is 0 Å². The summed E-state index contributed by atoms with van der Waals surface area (Å²) < 4.78 is 11.1. The standard InChI is InChI=1S/C16H26N2O2/c1-4-9-20-15-6-5-14(10-16(15)19-3)12-18-8-7-17-13(2)11-18/h5-6,10,13,17H,4,7-9,11-12H2,1-3H3/t13-/m0/s1. The molecule has 1 saturated heterocycles. The molecule has 0 radical (unpaired) electrons. The number of nitrogens with zero attached hydrogens (tertiary/aromatic N) is 1. The number of hydrogen-bond donors (Lipinski definition) is 1. The molecule has 4 nitrogen and oxygen atoms in total. The van der Waals surface area contributed by atoms with E-state index < -0.39 is 0 Å². The summed E-state index contributed by atoms with van der Waals surface area (Å²) in [5, 5.41) is 3.47. The van der Waals surface area contributed by atoms with Crippen molar-refractivity contribution in [3.05, 3.63) is 23.8 Å². The molecular weight excluding hydrogens is 252 g/mol. The highest BCUT2D eigenvalue weighted by molar-refractivity contribution is 5.43. The van der Waals surface area contributed by atoms with E-state index in [0.29, 0.717) is 6.04 Å². The fourth-order valence-electron chi connectivity index (χ4n) is 2.56. The summed E-state index contributed by atoms with van der Waals surface area (Å²) in [6.07, 6.45) is 1.00. The number of nitrogens with one attached hydrogen (secondary N) is 1. The average Bonchev–Trinajstić information content (AvgIpc) is 2.46. The van der Waals surface area contributed by atoms with Crippen molar-refractivity contribution >= 4 is 0 Å². The van der Waals surface area contributed by atoms with Gasteiger partial charge in [0.1, 0.15) is 0 Å². The van der Waals surface area contributed by atoms with Crippen molar-refractivity contribution in [2.45, 2.75) is 32.9 Å². The Morgan fingerprint density at radius 3 is 2.90 bits per heavy atom. The lowest BCUT2D eigenvalue weighted by Gasteiger charge is -2.31. The molecule has 0 aliphatic carbocycles. The van der Waals surface area contributed by atoms with Gasteiger partial charge in [-0.1, -0.05) is 13.0 Å². The van der Waals surface area contributed by atoms with Crippen LogP contribution in [0.4, 0.5) is 0 Å². The van der Waals surface area contributed by atoms with Crippen molar-refractivity contribution in [3.63, 3.8) is 0 Å². The van der Waals surface area contributed by atoms with Crippen LogP contribution in [0.1, 0.15) is 25.8 Å². The molecule has 4 heteroatoms. The maximum absolute atomic E-state index is 5.69. The molecular formula is C16H26N2O2. The third kappa shape index (κ3) is 4.12. The second kappa shape index (κ2) is 7.50. The van der Waals surface area contributed by atoms with E-state index in [1.54, 1.807) is 7.11 Å². The minimum absolute atomic E-state index is 0.567. The van der Waals surface area contributed by atoms with Crippen LogP contribution in [-0.2, 0) is 6.54 Å². The van der Waals surface area contributed by atoms with Crippen LogP contribution < -0.4 is 14.8 Å². The van der Waals surface area contributed by atoms with Crippen molar-refractivity contribution in [3.8, 4) is 11.5 Å². The van der Waals surface area contributed by atoms with Gasteiger partial charge in [0.15, 0.2) is 11.5 Å². The lowest BCUT2D eigenvalue weighted by atomic mass is 10.1. The molecule has 1 heterocycles.